The number of hydrogen-bond acceptors (Lipinski definition) is 2. The Morgan fingerprint density at radius 1 is 1.12 bits per heavy atom. The fraction of sp³-hybridized carbons (Fsp3) is 0.333. The van der Waals surface area contributed by atoms with Crippen molar-refractivity contribution in [2.75, 3.05) is 5.32 Å². The molecule has 0 saturated heterocycles. The number of aryl methyl sites for hydroxylation is 1. The standard InChI is InChI=1S/C21H20F3NO/c1-2-13-6-8-14(9-7-13)20-17-5-3-4-16(17)18-12-15(26-21(22,23)24)10-11-19(18)25-20/h3-4,6-12,16-17,20,25H,2,5H2,1H3. The molecular weight excluding hydrogens is 339 g/mol. The van der Waals surface area contributed by atoms with Gasteiger partial charge in [0.1, 0.15) is 5.75 Å². The van der Waals surface area contributed by atoms with Crippen LogP contribution in [0.25, 0.3) is 0 Å². The van der Waals surface area contributed by atoms with E-state index in [1.807, 2.05) is 0 Å². The predicted molar refractivity (Wildman–Crippen MR) is 95.3 cm³/mol. The average Bonchev–Trinajstić information content (AvgIpc) is 3.10. The average molecular weight is 359 g/mol. The first kappa shape index (κ1) is 17.0. The maximum absolute atomic E-state index is 12.5. The van der Waals surface area contributed by atoms with Crippen molar-refractivity contribution in [3.05, 3.63) is 71.3 Å². The van der Waals surface area contributed by atoms with E-state index in [2.05, 4.69) is 53.4 Å². The number of halogens is 3. The van der Waals surface area contributed by atoms with Gasteiger partial charge in [-0.15, -0.1) is 13.2 Å². The Hall–Kier alpha value is -2.43. The second kappa shape index (κ2) is 6.38. The van der Waals surface area contributed by atoms with E-state index in [4.69, 9.17) is 0 Å². The number of ether oxygens (including phenoxy) is 1. The zero-order chi connectivity index (χ0) is 18.3. The Labute approximate surface area is 150 Å². The summed E-state index contributed by atoms with van der Waals surface area (Å²) < 4.78 is 41.7. The van der Waals surface area contributed by atoms with E-state index in [1.54, 1.807) is 6.07 Å². The van der Waals surface area contributed by atoms with Crippen LogP contribution in [0.15, 0.2) is 54.6 Å². The molecule has 1 N–H and O–H groups in total. The molecule has 0 amide bonds. The molecule has 1 heterocycles. The van der Waals surface area contributed by atoms with Crippen LogP contribution in [0.2, 0.25) is 0 Å². The van der Waals surface area contributed by atoms with Gasteiger partial charge < -0.3 is 10.1 Å². The lowest BCUT2D eigenvalue weighted by Gasteiger charge is -2.37. The molecule has 2 nitrogen and oxygen atoms in total. The molecule has 136 valence electrons. The highest BCUT2D eigenvalue weighted by Crippen LogP contribution is 2.50. The van der Waals surface area contributed by atoms with Gasteiger partial charge in [-0.1, -0.05) is 43.3 Å². The molecule has 0 fully saturated rings. The minimum atomic E-state index is -4.68. The van der Waals surface area contributed by atoms with Crippen molar-refractivity contribution in [3.63, 3.8) is 0 Å². The summed E-state index contributed by atoms with van der Waals surface area (Å²) in [6.07, 6.45) is 1.45. The quantitative estimate of drug-likeness (QED) is 0.681. The van der Waals surface area contributed by atoms with Crippen LogP contribution >= 0.6 is 0 Å². The Balaban J connectivity index is 1.67. The molecule has 0 saturated carbocycles. The summed E-state index contributed by atoms with van der Waals surface area (Å²) in [5.41, 5.74) is 4.24. The van der Waals surface area contributed by atoms with Crippen LogP contribution in [-0.2, 0) is 6.42 Å². The first-order chi connectivity index (χ1) is 12.4. The largest absolute Gasteiger partial charge is 0.573 e. The van der Waals surface area contributed by atoms with Crippen molar-refractivity contribution in [1.29, 1.82) is 0 Å². The van der Waals surface area contributed by atoms with Gasteiger partial charge in [0, 0.05) is 11.6 Å². The zero-order valence-electron chi connectivity index (χ0n) is 14.4. The third-order valence-corrected chi connectivity index (χ3v) is 5.31. The number of rotatable bonds is 3. The van der Waals surface area contributed by atoms with Crippen molar-refractivity contribution in [1.82, 2.24) is 0 Å². The van der Waals surface area contributed by atoms with E-state index in [0.29, 0.717) is 0 Å². The van der Waals surface area contributed by atoms with E-state index in [1.165, 1.54) is 23.3 Å². The molecule has 26 heavy (non-hydrogen) atoms. The van der Waals surface area contributed by atoms with Crippen molar-refractivity contribution < 1.29 is 17.9 Å². The van der Waals surface area contributed by atoms with Gasteiger partial charge in [0.15, 0.2) is 0 Å². The molecule has 0 bridgehead atoms. The second-order valence-corrected chi connectivity index (χ2v) is 6.87. The Kier molecular flexibility index (Phi) is 4.17. The fourth-order valence-corrected chi connectivity index (χ4v) is 4.06. The molecule has 3 unspecified atom stereocenters. The molecule has 4 rings (SSSR count). The summed E-state index contributed by atoms with van der Waals surface area (Å²) in [5, 5.41) is 3.54. The SMILES string of the molecule is CCc1ccc(C2Nc3ccc(OC(F)(F)F)cc3C3C=CCC32)cc1. The summed E-state index contributed by atoms with van der Waals surface area (Å²) in [7, 11) is 0. The number of fused-ring (bicyclic) bond motifs is 3. The van der Waals surface area contributed by atoms with Gasteiger partial charge >= 0.3 is 6.36 Å². The zero-order valence-corrected chi connectivity index (χ0v) is 14.4. The van der Waals surface area contributed by atoms with E-state index < -0.39 is 6.36 Å². The topological polar surface area (TPSA) is 21.3 Å². The Morgan fingerprint density at radius 3 is 2.58 bits per heavy atom. The van der Waals surface area contributed by atoms with E-state index in [0.717, 1.165) is 24.1 Å². The minimum absolute atomic E-state index is 0.0962. The van der Waals surface area contributed by atoms with Crippen molar-refractivity contribution >= 4 is 5.69 Å². The van der Waals surface area contributed by atoms with Crippen LogP contribution in [0.5, 0.6) is 5.75 Å². The molecule has 5 heteroatoms. The van der Waals surface area contributed by atoms with Gasteiger partial charge in [0.25, 0.3) is 0 Å². The van der Waals surface area contributed by atoms with Gasteiger partial charge in [0.05, 0.1) is 6.04 Å². The molecule has 0 radical (unpaired) electrons. The number of nitrogens with one attached hydrogen (secondary N) is 1. The lowest BCUT2D eigenvalue weighted by Crippen LogP contribution is -2.29. The van der Waals surface area contributed by atoms with Crippen LogP contribution in [0.3, 0.4) is 0 Å². The Bertz CT molecular complexity index is 826. The van der Waals surface area contributed by atoms with E-state index in [9.17, 15) is 13.2 Å². The second-order valence-electron chi connectivity index (χ2n) is 6.87. The highest BCUT2D eigenvalue weighted by Gasteiger charge is 2.38. The van der Waals surface area contributed by atoms with Crippen molar-refractivity contribution in [2.24, 2.45) is 5.92 Å². The molecule has 1 aliphatic carbocycles. The van der Waals surface area contributed by atoms with Crippen LogP contribution in [0, 0.1) is 5.92 Å². The highest BCUT2D eigenvalue weighted by atomic mass is 19.4. The number of anilines is 1. The van der Waals surface area contributed by atoms with E-state index in [-0.39, 0.29) is 23.6 Å². The lowest BCUT2D eigenvalue weighted by atomic mass is 9.77. The number of allylic oxidation sites excluding steroid dienone is 2. The summed E-state index contributed by atoms with van der Waals surface area (Å²) in [4.78, 5) is 0. The molecule has 3 atom stereocenters. The maximum Gasteiger partial charge on any atom is 0.573 e. The summed E-state index contributed by atoms with van der Waals surface area (Å²) in [5.74, 6) is 0.220. The molecule has 2 aromatic rings. The third kappa shape index (κ3) is 3.18. The molecular formula is C21H20F3NO. The third-order valence-electron chi connectivity index (χ3n) is 5.31. The van der Waals surface area contributed by atoms with Gasteiger partial charge in [0.2, 0.25) is 0 Å². The summed E-state index contributed by atoms with van der Waals surface area (Å²) in [6.45, 7) is 2.13. The fourth-order valence-electron chi connectivity index (χ4n) is 4.06. The monoisotopic (exact) mass is 359 g/mol. The minimum Gasteiger partial charge on any atom is -0.406 e. The number of alkyl halides is 3. The van der Waals surface area contributed by atoms with Crippen molar-refractivity contribution in [2.45, 2.75) is 38.1 Å². The summed E-state index contributed by atoms with van der Waals surface area (Å²) >= 11 is 0. The summed E-state index contributed by atoms with van der Waals surface area (Å²) in [6, 6.07) is 13.3. The first-order valence-corrected chi connectivity index (χ1v) is 8.86. The van der Waals surface area contributed by atoms with Gasteiger partial charge in [-0.2, -0.15) is 0 Å². The van der Waals surface area contributed by atoms with Crippen LogP contribution in [0.1, 0.15) is 42.0 Å². The lowest BCUT2D eigenvalue weighted by molar-refractivity contribution is -0.274. The number of benzene rings is 2. The molecule has 2 aliphatic rings. The number of hydrogen-bond donors (Lipinski definition) is 1. The smallest absolute Gasteiger partial charge is 0.406 e. The van der Waals surface area contributed by atoms with Crippen LogP contribution in [0.4, 0.5) is 18.9 Å². The predicted octanol–water partition coefficient (Wildman–Crippen LogP) is 5.97. The van der Waals surface area contributed by atoms with Gasteiger partial charge in [-0.25, -0.2) is 0 Å². The maximum atomic E-state index is 12.5. The molecule has 2 aromatic carbocycles. The van der Waals surface area contributed by atoms with Crippen molar-refractivity contribution in [3.8, 4) is 5.75 Å². The van der Waals surface area contributed by atoms with E-state index >= 15 is 0 Å². The molecule has 1 aliphatic heterocycles. The van der Waals surface area contributed by atoms with Crippen LogP contribution < -0.4 is 10.1 Å². The van der Waals surface area contributed by atoms with Gasteiger partial charge in [-0.05, 0) is 53.6 Å². The molecule has 0 spiro atoms. The van der Waals surface area contributed by atoms with Gasteiger partial charge in [-0.3, -0.25) is 0 Å². The Morgan fingerprint density at radius 2 is 1.88 bits per heavy atom. The normalized spacial score (nSPS) is 23.9. The first-order valence-electron chi connectivity index (χ1n) is 8.86. The molecule has 0 aromatic heterocycles. The van der Waals surface area contributed by atoms with Crippen LogP contribution in [-0.4, -0.2) is 6.36 Å². The highest BCUT2D eigenvalue weighted by molar-refractivity contribution is 5.61.